The Morgan fingerprint density at radius 1 is 1.44 bits per heavy atom. The second-order valence-corrected chi connectivity index (χ2v) is 4.46. The van der Waals surface area contributed by atoms with Crippen LogP contribution < -0.4 is 5.32 Å². The highest BCUT2D eigenvalue weighted by atomic mass is 35.5. The van der Waals surface area contributed by atoms with Gasteiger partial charge in [0.15, 0.2) is 5.78 Å². The molecule has 1 atom stereocenters. The molecule has 0 saturated carbocycles. The Labute approximate surface area is 106 Å². The Morgan fingerprint density at radius 3 is 2.75 bits per heavy atom. The third kappa shape index (κ3) is 3.21. The summed E-state index contributed by atoms with van der Waals surface area (Å²) in [5.74, 6) is -0.0793. The van der Waals surface area contributed by atoms with Crippen molar-refractivity contribution < 1.29 is 4.79 Å². The molecule has 0 aliphatic rings. The zero-order chi connectivity index (χ0) is 12.1. The predicted molar refractivity (Wildman–Crippen MR) is 68.5 cm³/mol. The van der Waals surface area contributed by atoms with E-state index in [9.17, 15) is 4.79 Å². The summed E-state index contributed by atoms with van der Waals surface area (Å²) in [6.45, 7) is 5.38. The molecule has 0 heterocycles. The van der Waals surface area contributed by atoms with Gasteiger partial charge in [-0.05, 0) is 18.7 Å². The minimum atomic E-state index is -0.101. The molecule has 1 unspecified atom stereocenters. The average Bonchev–Trinajstić information content (AvgIpc) is 2.28. The molecule has 0 aliphatic heterocycles. The van der Waals surface area contributed by atoms with Gasteiger partial charge in [0.2, 0.25) is 0 Å². The van der Waals surface area contributed by atoms with E-state index in [4.69, 9.17) is 23.2 Å². The fourth-order valence-corrected chi connectivity index (χ4v) is 1.81. The van der Waals surface area contributed by atoms with Crippen molar-refractivity contribution in [2.75, 3.05) is 13.1 Å². The lowest BCUT2D eigenvalue weighted by atomic mass is 9.99. The molecule has 1 aromatic carbocycles. The Hall–Kier alpha value is -0.570. The van der Waals surface area contributed by atoms with Crippen LogP contribution in [-0.2, 0) is 0 Å². The van der Waals surface area contributed by atoms with Crippen molar-refractivity contribution in [3.05, 3.63) is 33.8 Å². The van der Waals surface area contributed by atoms with Gasteiger partial charge in [-0.1, -0.05) is 43.1 Å². The molecular formula is C12H15Cl2NO. The van der Waals surface area contributed by atoms with Gasteiger partial charge < -0.3 is 5.32 Å². The van der Waals surface area contributed by atoms with Crippen LogP contribution in [0.3, 0.4) is 0 Å². The van der Waals surface area contributed by atoms with E-state index < -0.39 is 0 Å². The molecule has 1 aromatic rings. The van der Waals surface area contributed by atoms with Crippen LogP contribution in [0.4, 0.5) is 0 Å². The maximum atomic E-state index is 12.0. The molecule has 0 fully saturated rings. The number of Topliss-reactive ketones (excluding diaryl/α,β-unsaturated/α-hetero) is 1. The number of rotatable bonds is 5. The molecule has 88 valence electrons. The molecule has 0 saturated heterocycles. The van der Waals surface area contributed by atoms with E-state index in [-0.39, 0.29) is 11.7 Å². The third-order valence-corrected chi connectivity index (χ3v) is 3.18. The smallest absolute Gasteiger partial charge is 0.168 e. The molecule has 4 heteroatoms. The molecule has 0 aromatic heterocycles. The van der Waals surface area contributed by atoms with Crippen molar-refractivity contribution in [3.63, 3.8) is 0 Å². The van der Waals surface area contributed by atoms with Gasteiger partial charge in [-0.2, -0.15) is 0 Å². The van der Waals surface area contributed by atoms with E-state index in [1.54, 1.807) is 18.2 Å². The Kier molecular flexibility index (Phi) is 5.26. The number of hydrogen-bond donors (Lipinski definition) is 1. The Morgan fingerprint density at radius 2 is 2.12 bits per heavy atom. The van der Waals surface area contributed by atoms with E-state index in [0.29, 0.717) is 22.2 Å². The first-order chi connectivity index (χ1) is 7.57. The maximum absolute atomic E-state index is 12.0. The topological polar surface area (TPSA) is 29.1 Å². The first-order valence-electron chi connectivity index (χ1n) is 5.26. The second-order valence-electron chi connectivity index (χ2n) is 3.67. The van der Waals surface area contributed by atoms with Gasteiger partial charge in [0.25, 0.3) is 0 Å². The predicted octanol–water partition coefficient (Wildman–Crippen LogP) is 3.42. The molecule has 0 radical (unpaired) electrons. The number of ketones is 1. The lowest BCUT2D eigenvalue weighted by molar-refractivity contribution is 0.0929. The van der Waals surface area contributed by atoms with Crippen molar-refractivity contribution in [3.8, 4) is 0 Å². The lowest BCUT2D eigenvalue weighted by Crippen LogP contribution is -2.26. The van der Waals surface area contributed by atoms with Crippen LogP contribution in [0.1, 0.15) is 24.2 Å². The molecule has 0 spiro atoms. The highest BCUT2D eigenvalue weighted by Gasteiger charge is 2.18. The van der Waals surface area contributed by atoms with Gasteiger partial charge in [0, 0.05) is 18.0 Å². The summed E-state index contributed by atoms with van der Waals surface area (Å²) >= 11 is 11.9. The highest BCUT2D eigenvalue weighted by Crippen LogP contribution is 2.27. The number of carbonyl (C=O) groups is 1. The van der Waals surface area contributed by atoms with E-state index in [0.717, 1.165) is 6.54 Å². The summed E-state index contributed by atoms with van der Waals surface area (Å²) in [6, 6.07) is 5.12. The van der Waals surface area contributed by atoms with Crippen LogP contribution in [-0.4, -0.2) is 18.9 Å². The fraction of sp³-hybridized carbons (Fsp3) is 0.417. The van der Waals surface area contributed by atoms with Crippen molar-refractivity contribution >= 4 is 29.0 Å². The Balaban J connectivity index is 2.84. The van der Waals surface area contributed by atoms with Crippen LogP contribution in [0.5, 0.6) is 0 Å². The van der Waals surface area contributed by atoms with Crippen molar-refractivity contribution in [2.24, 2.45) is 5.92 Å². The van der Waals surface area contributed by atoms with Crippen LogP contribution in [0.15, 0.2) is 18.2 Å². The normalized spacial score (nSPS) is 12.5. The summed E-state index contributed by atoms with van der Waals surface area (Å²) < 4.78 is 0. The number of hydrogen-bond acceptors (Lipinski definition) is 2. The van der Waals surface area contributed by atoms with E-state index >= 15 is 0 Å². The monoisotopic (exact) mass is 259 g/mol. The molecule has 16 heavy (non-hydrogen) atoms. The van der Waals surface area contributed by atoms with Gasteiger partial charge in [-0.15, -0.1) is 0 Å². The largest absolute Gasteiger partial charge is 0.316 e. The highest BCUT2D eigenvalue weighted by molar-refractivity contribution is 6.43. The first-order valence-corrected chi connectivity index (χ1v) is 6.02. The summed E-state index contributed by atoms with van der Waals surface area (Å²) in [7, 11) is 0. The summed E-state index contributed by atoms with van der Waals surface area (Å²) in [5, 5.41) is 3.90. The minimum absolute atomic E-state index is 0.0217. The number of benzene rings is 1. The van der Waals surface area contributed by atoms with Gasteiger partial charge in [0.05, 0.1) is 10.0 Å². The number of halogens is 2. The van der Waals surface area contributed by atoms with Gasteiger partial charge >= 0.3 is 0 Å². The van der Waals surface area contributed by atoms with Crippen molar-refractivity contribution in [2.45, 2.75) is 13.8 Å². The molecular weight excluding hydrogens is 245 g/mol. The second kappa shape index (κ2) is 6.24. The van der Waals surface area contributed by atoms with Gasteiger partial charge in [-0.25, -0.2) is 0 Å². The SMILES string of the molecule is CCNCC(C)C(=O)c1cccc(Cl)c1Cl. The van der Waals surface area contributed by atoms with Crippen LogP contribution >= 0.6 is 23.2 Å². The summed E-state index contributed by atoms with van der Waals surface area (Å²) in [5.41, 5.74) is 0.500. The minimum Gasteiger partial charge on any atom is -0.316 e. The van der Waals surface area contributed by atoms with Crippen LogP contribution in [0.2, 0.25) is 10.0 Å². The van der Waals surface area contributed by atoms with Crippen LogP contribution in [0, 0.1) is 5.92 Å². The zero-order valence-corrected chi connectivity index (χ0v) is 10.9. The van der Waals surface area contributed by atoms with Gasteiger partial charge in [0.1, 0.15) is 0 Å². The lowest BCUT2D eigenvalue weighted by Gasteiger charge is -2.12. The summed E-state index contributed by atoms with van der Waals surface area (Å²) in [4.78, 5) is 12.0. The van der Waals surface area contributed by atoms with Crippen molar-refractivity contribution in [1.82, 2.24) is 5.32 Å². The molecule has 0 amide bonds. The molecule has 1 rings (SSSR count). The fourth-order valence-electron chi connectivity index (χ4n) is 1.41. The molecule has 2 nitrogen and oxygen atoms in total. The molecule has 0 aliphatic carbocycles. The molecule has 1 N–H and O–H groups in total. The summed E-state index contributed by atoms with van der Waals surface area (Å²) in [6.07, 6.45) is 0. The zero-order valence-electron chi connectivity index (χ0n) is 9.39. The van der Waals surface area contributed by atoms with E-state index in [1.165, 1.54) is 0 Å². The quantitative estimate of drug-likeness (QED) is 0.822. The van der Waals surface area contributed by atoms with Crippen molar-refractivity contribution in [1.29, 1.82) is 0 Å². The number of nitrogens with one attached hydrogen (secondary N) is 1. The standard InChI is InChI=1S/C12H15Cl2NO/c1-3-15-7-8(2)12(16)9-5-4-6-10(13)11(9)14/h4-6,8,15H,3,7H2,1-2H3. The molecule has 0 bridgehead atoms. The maximum Gasteiger partial charge on any atom is 0.168 e. The van der Waals surface area contributed by atoms with Gasteiger partial charge in [-0.3, -0.25) is 4.79 Å². The first kappa shape index (κ1) is 13.5. The van der Waals surface area contributed by atoms with Crippen LogP contribution in [0.25, 0.3) is 0 Å². The average molecular weight is 260 g/mol. The van der Waals surface area contributed by atoms with E-state index in [2.05, 4.69) is 5.32 Å². The Bertz CT molecular complexity index is 379. The number of carbonyl (C=O) groups excluding carboxylic acids is 1. The van der Waals surface area contributed by atoms with E-state index in [1.807, 2.05) is 13.8 Å². The third-order valence-electron chi connectivity index (χ3n) is 2.37.